The first-order valence-corrected chi connectivity index (χ1v) is 15.6. The molecule has 0 amide bonds. The number of hydrogen-bond donors (Lipinski definition) is 3. The first-order valence-electron chi connectivity index (χ1n) is 15.6. The van der Waals surface area contributed by atoms with Gasteiger partial charge in [0.05, 0.1) is 34.9 Å². The van der Waals surface area contributed by atoms with Crippen LogP contribution in [0.5, 0.6) is 6.01 Å². The van der Waals surface area contributed by atoms with Crippen molar-refractivity contribution in [2.24, 2.45) is 5.41 Å². The molecule has 0 spiro atoms. The van der Waals surface area contributed by atoms with E-state index >= 15 is 8.78 Å². The number of piperazine rings is 1. The highest BCUT2D eigenvalue weighted by Gasteiger charge is 2.71. The van der Waals surface area contributed by atoms with E-state index in [4.69, 9.17) is 9.47 Å². The summed E-state index contributed by atoms with van der Waals surface area (Å²) < 4.78 is 117. The molecule has 3 fully saturated rings. The van der Waals surface area contributed by atoms with E-state index in [2.05, 4.69) is 30.8 Å². The van der Waals surface area contributed by atoms with Crippen molar-refractivity contribution in [3.63, 3.8) is 0 Å². The molecule has 2 aromatic carbocycles. The number of ether oxygens (including phenoxy) is 2. The predicted octanol–water partition coefficient (Wildman–Crippen LogP) is 5.75. The molecule has 9 nitrogen and oxygen atoms in total. The number of aryl methyl sites for hydroxylation is 1. The summed E-state index contributed by atoms with van der Waals surface area (Å²) >= 11 is 0. The number of aromatic nitrogens is 4. The van der Waals surface area contributed by atoms with E-state index in [-0.39, 0.29) is 45.8 Å². The number of nitrogens with one attached hydrogen (secondary N) is 3. The molecule has 1 unspecified atom stereocenters. The Morgan fingerprint density at radius 1 is 1.12 bits per heavy atom. The molecule has 4 aromatic rings. The van der Waals surface area contributed by atoms with Crippen LogP contribution in [0.1, 0.15) is 37.3 Å². The SMILES string of the molecule is COCCNC[C@@]1(COc2nc(N3CC4CC[C@@](C)(C3)N4)c3cc(F)c(-c4c(C(F)(F)F)c(C)cc5[nH]ncc45)c(F)c3n2)CC1(F)F. The maximum atomic E-state index is 16.8. The number of rotatable bonds is 10. The number of H-pyrrole nitrogens is 1. The van der Waals surface area contributed by atoms with Crippen LogP contribution in [-0.4, -0.2) is 84.2 Å². The van der Waals surface area contributed by atoms with Gasteiger partial charge in [0.25, 0.3) is 5.92 Å². The lowest BCUT2D eigenvalue weighted by molar-refractivity contribution is -0.137. The number of aromatic amines is 1. The lowest BCUT2D eigenvalue weighted by atomic mass is 9.90. The van der Waals surface area contributed by atoms with Gasteiger partial charge in [0.1, 0.15) is 23.8 Å². The molecular formula is C32H34F7N7O2. The molecule has 4 heterocycles. The lowest BCUT2D eigenvalue weighted by Gasteiger charge is -2.40. The minimum Gasteiger partial charge on any atom is -0.463 e. The summed E-state index contributed by atoms with van der Waals surface area (Å²) in [5.41, 5.74) is -5.40. The molecule has 16 heteroatoms. The van der Waals surface area contributed by atoms with Crippen LogP contribution in [0.4, 0.5) is 36.6 Å². The fraction of sp³-hybridized carbons (Fsp3) is 0.531. The van der Waals surface area contributed by atoms with E-state index in [1.165, 1.54) is 20.1 Å². The van der Waals surface area contributed by atoms with Gasteiger partial charge in [-0.15, -0.1) is 0 Å². The zero-order valence-corrected chi connectivity index (χ0v) is 26.4. The second-order valence-electron chi connectivity index (χ2n) is 13.5. The van der Waals surface area contributed by atoms with Crippen molar-refractivity contribution < 1.29 is 40.2 Å². The molecule has 0 radical (unpaired) electrons. The molecule has 48 heavy (non-hydrogen) atoms. The van der Waals surface area contributed by atoms with E-state index < -0.39 is 70.4 Å². The monoisotopic (exact) mass is 681 g/mol. The van der Waals surface area contributed by atoms with Gasteiger partial charge in [-0.3, -0.25) is 5.10 Å². The summed E-state index contributed by atoms with van der Waals surface area (Å²) in [6.07, 6.45) is -2.66. The third kappa shape index (κ3) is 5.50. The van der Waals surface area contributed by atoms with Gasteiger partial charge in [0.2, 0.25) is 0 Å². The maximum absolute atomic E-state index is 16.8. The van der Waals surface area contributed by atoms with E-state index in [0.29, 0.717) is 26.2 Å². The average molecular weight is 682 g/mol. The highest BCUT2D eigenvalue weighted by molar-refractivity contribution is 6.01. The van der Waals surface area contributed by atoms with Crippen LogP contribution in [0.3, 0.4) is 0 Å². The van der Waals surface area contributed by atoms with Crippen LogP contribution < -0.4 is 20.3 Å². The van der Waals surface area contributed by atoms with Gasteiger partial charge >= 0.3 is 12.2 Å². The molecule has 1 saturated carbocycles. The third-order valence-electron chi connectivity index (χ3n) is 9.83. The van der Waals surface area contributed by atoms with Crippen molar-refractivity contribution in [2.45, 2.75) is 56.8 Å². The molecule has 2 bridgehead atoms. The Kier molecular flexibility index (Phi) is 7.79. The average Bonchev–Trinajstić information content (AvgIpc) is 3.25. The van der Waals surface area contributed by atoms with Crippen LogP contribution in [-0.2, 0) is 10.9 Å². The van der Waals surface area contributed by atoms with Crippen LogP contribution >= 0.6 is 0 Å². The van der Waals surface area contributed by atoms with Gasteiger partial charge in [-0.1, -0.05) is 0 Å². The molecule has 2 aliphatic heterocycles. The van der Waals surface area contributed by atoms with Crippen molar-refractivity contribution in [3.05, 3.63) is 41.1 Å². The number of hydrogen-bond acceptors (Lipinski definition) is 8. The summed E-state index contributed by atoms with van der Waals surface area (Å²) in [6.45, 7) is 4.05. The van der Waals surface area contributed by atoms with Crippen molar-refractivity contribution in [2.75, 3.05) is 51.4 Å². The Labute approximate surface area is 270 Å². The zero-order valence-electron chi connectivity index (χ0n) is 26.4. The van der Waals surface area contributed by atoms with Crippen LogP contribution in [0, 0.1) is 24.0 Å². The third-order valence-corrected chi connectivity index (χ3v) is 9.83. The predicted molar refractivity (Wildman–Crippen MR) is 163 cm³/mol. The zero-order chi connectivity index (χ0) is 34.2. The molecule has 2 saturated heterocycles. The van der Waals surface area contributed by atoms with E-state index in [0.717, 1.165) is 25.1 Å². The van der Waals surface area contributed by atoms with Crippen LogP contribution in [0.2, 0.25) is 0 Å². The number of anilines is 1. The largest absolute Gasteiger partial charge is 0.463 e. The standard InChI is InChI=1S/C32H34F7N7O2/c1-16-8-21-19(10-41-45-21)22(24(16)32(37,38)39)23-20(33)9-18-26(25(23)34)42-28(43-27(18)46-11-17-4-5-29(2,14-46)44-17)48-15-30(12-31(30,35)36)13-40-6-7-47-3/h8-10,17,40,44H,4-7,11-15H2,1-3H3,(H,41,45)/t17?,29-,30+/m0/s1. The molecule has 2 aromatic heterocycles. The molecule has 258 valence electrons. The minimum absolute atomic E-state index is 0.0507. The number of methoxy groups -OCH3 is 1. The highest BCUT2D eigenvalue weighted by Crippen LogP contribution is 2.60. The minimum atomic E-state index is -4.97. The normalized spacial score (nSPS) is 25.0. The smallest absolute Gasteiger partial charge is 0.417 e. The van der Waals surface area contributed by atoms with E-state index in [9.17, 15) is 22.0 Å². The van der Waals surface area contributed by atoms with E-state index in [1.807, 2.05) is 11.8 Å². The Hall–Kier alpha value is -3.76. The highest BCUT2D eigenvalue weighted by atomic mass is 19.4. The molecule has 7 rings (SSSR count). The van der Waals surface area contributed by atoms with Gasteiger partial charge < -0.3 is 25.0 Å². The van der Waals surface area contributed by atoms with Gasteiger partial charge in [0.15, 0.2) is 5.82 Å². The molecular weight excluding hydrogens is 647 g/mol. The van der Waals surface area contributed by atoms with Crippen LogP contribution in [0.25, 0.3) is 32.9 Å². The molecule has 3 N–H and O–H groups in total. The van der Waals surface area contributed by atoms with Gasteiger partial charge in [0, 0.05) is 67.6 Å². The maximum Gasteiger partial charge on any atom is 0.417 e. The van der Waals surface area contributed by atoms with Gasteiger partial charge in [-0.2, -0.15) is 28.2 Å². The molecule has 1 aliphatic carbocycles. The Balaban J connectivity index is 1.38. The van der Waals surface area contributed by atoms with Crippen molar-refractivity contribution in [1.82, 2.24) is 30.8 Å². The summed E-state index contributed by atoms with van der Waals surface area (Å²) in [4.78, 5) is 10.5. The first-order chi connectivity index (χ1) is 22.7. The summed E-state index contributed by atoms with van der Waals surface area (Å²) in [7, 11) is 1.49. The van der Waals surface area contributed by atoms with Crippen molar-refractivity contribution >= 4 is 27.6 Å². The van der Waals surface area contributed by atoms with Crippen LogP contribution in [0.15, 0.2) is 18.3 Å². The molecule has 3 atom stereocenters. The lowest BCUT2D eigenvalue weighted by Crippen LogP contribution is -2.58. The van der Waals surface area contributed by atoms with Crippen molar-refractivity contribution in [1.29, 1.82) is 0 Å². The molecule has 3 aliphatic rings. The number of benzene rings is 2. The summed E-state index contributed by atoms with van der Waals surface area (Å²) in [5, 5.41) is 12.6. The fourth-order valence-corrected chi connectivity index (χ4v) is 7.34. The summed E-state index contributed by atoms with van der Waals surface area (Å²) in [6, 6.07) is 1.75. The second-order valence-corrected chi connectivity index (χ2v) is 13.5. The van der Waals surface area contributed by atoms with E-state index in [1.54, 1.807) is 0 Å². The summed E-state index contributed by atoms with van der Waals surface area (Å²) in [5.74, 6) is -5.56. The fourth-order valence-electron chi connectivity index (χ4n) is 7.34. The second kappa shape index (κ2) is 11.4. The Morgan fingerprint density at radius 3 is 2.58 bits per heavy atom. The first kappa shape index (κ1) is 32.8. The topological polar surface area (TPSA) is 100 Å². The quantitative estimate of drug-likeness (QED) is 0.144. The number of alkyl halides is 5. The number of halogens is 7. The Morgan fingerprint density at radius 2 is 1.90 bits per heavy atom. The Bertz CT molecular complexity index is 1900. The number of nitrogens with zero attached hydrogens (tertiary/aromatic N) is 4. The van der Waals surface area contributed by atoms with Crippen molar-refractivity contribution in [3.8, 4) is 17.1 Å². The number of fused-ring (bicyclic) bond motifs is 4. The van der Waals surface area contributed by atoms with Gasteiger partial charge in [-0.05, 0) is 44.4 Å². The van der Waals surface area contributed by atoms with Gasteiger partial charge in [-0.25, -0.2) is 17.6 Å².